The topological polar surface area (TPSA) is 29.5 Å². The Balaban J connectivity index is 2.63. The second kappa shape index (κ2) is 4.58. The fraction of sp³-hybridized carbons (Fsp3) is 0.333. The summed E-state index contributed by atoms with van der Waals surface area (Å²) in [6, 6.07) is 4.35. The Hall–Kier alpha value is -0.610. The number of ether oxygens (including phenoxy) is 1. The van der Waals surface area contributed by atoms with Crippen molar-refractivity contribution in [2.75, 3.05) is 6.61 Å². The Morgan fingerprint density at radius 2 is 2.31 bits per heavy atom. The summed E-state index contributed by atoms with van der Waals surface area (Å²) in [7, 11) is 0. The van der Waals surface area contributed by atoms with Gasteiger partial charge in [-0.15, -0.1) is 0 Å². The largest absolute Gasteiger partial charge is 0.491 e. The number of hydrogen-bond donors (Lipinski definition) is 1. The van der Waals surface area contributed by atoms with Gasteiger partial charge in [-0.3, -0.25) is 0 Å². The van der Waals surface area contributed by atoms with Crippen LogP contribution in [0.1, 0.15) is 6.92 Å². The SMILES string of the molecule is C[C@@H](O)COc1ccc(F)c(Br)c1. The molecule has 2 nitrogen and oxygen atoms in total. The molecule has 0 unspecified atom stereocenters. The first-order valence-electron chi connectivity index (χ1n) is 3.85. The molecule has 1 aromatic carbocycles. The first kappa shape index (κ1) is 10.5. The van der Waals surface area contributed by atoms with Crippen LogP contribution in [0.25, 0.3) is 0 Å². The lowest BCUT2D eigenvalue weighted by Crippen LogP contribution is -2.12. The van der Waals surface area contributed by atoms with E-state index >= 15 is 0 Å². The van der Waals surface area contributed by atoms with E-state index in [1.54, 1.807) is 6.92 Å². The molecule has 0 aliphatic heterocycles. The summed E-state index contributed by atoms with van der Waals surface area (Å²) in [6.45, 7) is 1.83. The smallest absolute Gasteiger partial charge is 0.137 e. The maximum absolute atomic E-state index is 12.7. The van der Waals surface area contributed by atoms with Gasteiger partial charge in [-0.1, -0.05) is 0 Å². The highest BCUT2D eigenvalue weighted by Gasteiger charge is 2.02. The highest BCUT2D eigenvalue weighted by molar-refractivity contribution is 9.10. The summed E-state index contributed by atoms with van der Waals surface area (Å²) in [4.78, 5) is 0. The molecule has 0 amide bonds. The minimum Gasteiger partial charge on any atom is -0.491 e. The van der Waals surface area contributed by atoms with Gasteiger partial charge in [0.05, 0.1) is 10.6 Å². The highest BCUT2D eigenvalue weighted by Crippen LogP contribution is 2.21. The second-order valence-corrected chi connectivity index (χ2v) is 3.59. The summed E-state index contributed by atoms with van der Waals surface area (Å²) in [5, 5.41) is 8.93. The van der Waals surface area contributed by atoms with Crippen molar-refractivity contribution in [3.63, 3.8) is 0 Å². The average Bonchev–Trinajstić information content (AvgIpc) is 2.07. The third-order valence-corrected chi connectivity index (χ3v) is 1.99. The lowest BCUT2D eigenvalue weighted by molar-refractivity contribution is 0.122. The summed E-state index contributed by atoms with van der Waals surface area (Å²) in [5.74, 6) is 0.207. The summed E-state index contributed by atoms with van der Waals surface area (Å²) < 4.78 is 18.3. The number of aliphatic hydroxyl groups is 1. The minimum atomic E-state index is -0.524. The molecule has 0 spiro atoms. The molecule has 1 rings (SSSR count). The van der Waals surface area contributed by atoms with Gasteiger partial charge < -0.3 is 9.84 Å². The van der Waals surface area contributed by atoms with Crippen molar-refractivity contribution >= 4 is 15.9 Å². The molecule has 0 bridgehead atoms. The van der Waals surface area contributed by atoms with Gasteiger partial charge in [0.1, 0.15) is 18.2 Å². The maximum Gasteiger partial charge on any atom is 0.137 e. The average molecular weight is 249 g/mol. The quantitative estimate of drug-likeness (QED) is 0.890. The summed E-state index contributed by atoms with van der Waals surface area (Å²) in [6.07, 6.45) is -0.524. The number of halogens is 2. The fourth-order valence-corrected chi connectivity index (χ4v) is 1.14. The molecule has 1 aromatic rings. The Labute approximate surface area is 84.5 Å². The molecule has 0 aliphatic carbocycles. The molecule has 0 fully saturated rings. The zero-order chi connectivity index (χ0) is 9.84. The van der Waals surface area contributed by atoms with Crippen molar-refractivity contribution in [1.82, 2.24) is 0 Å². The summed E-state index contributed by atoms with van der Waals surface area (Å²) >= 11 is 3.04. The Morgan fingerprint density at radius 1 is 1.62 bits per heavy atom. The maximum atomic E-state index is 12.7. The van der Waals surface area contributed by atoms with Crippen LogP contribution in [0.4, 0.5) is 4.39 Å². The number of aliphatic hydroxyl groups excluding tert-OH is 1. The van der Waals surface area contributed by atoms with Gasteiger partial charge in [0.15, 0.2) is 0 Å². The van der Waals surface area contributed by atoms with Crippen molar-refractivity contribution in [2.24, 2.45) is 0 Å². The monoisotopic (exact) mass is 248 g/mol. The van der Waals surface area contributed by atoms with Crippen LogP contribution in [0.15, 0.2) is 22.7 Å². The van der Waals surface area contributed by atoms with Crippen LogP contribution in [0.2, 0.25) is 0 Å². The molecule has 0 heterocycles. The third-order valence-electron chi connectivity index (χ3n) is 1.38. The molecular formula is C9H10BrFO2. The van der Waals surface area contributed by atoms with Gasteiger partial charge >= 0.3 is 0 Å². The van der Waals surface area contributed by atoms with E-state index in [1.165, 1.54) is 18.2 Å². The summed E-state index contributed by atoms with van der Waals surface area (Å²) in [5.41, 5.74) is 0. The van der Waals surface area contributed by atoms with Gasteiger partial charge in [-0.05, 0) is 41.1 Å². The molecule has 0 saturated heterocycles. The zero-order valence-corrected chi connectivity index (χ0v) is 8.71. The van der Waals surface area contributed by atoms with E-state index in [-0.39, 0.29) is 12.4 Å². The van der Waals surface area contributed by atoms with Gasteiger partial charge in [0.2, 0.25) is 0 Å². The van der Waals surface area contributed by atoms with Gasteiger partial charge in [0.25, 0.3) is 0 Å². The van der Waals surface area contributed by atoms with E-state index in [9.17, 15) is 4.39 Å². The van der Waals surface area contributed by atoms with Gasteiger partial charge in [-0.2, -0.15) is 0 Å². The van der Waals surface area contributed by atoms with E-state index < -0.39 is 6.10 Å². The predicted molar refractivity (Wildman–Crippen MR) is 51.3 cm³/mol. The van der Waals surface area contributed by atoms with Crippen molar-refractivity contribution in [3.05, 3.63) is 28.5 Å². The van der Waals surface area contributed by atoms with Crippen LogP contribution in [0.5, 0.6) is 5.75 Å². The Morgan fingerprint density at radius 3 is 2.85 bits per heavy atom. The molecular weight excluding hydrogens is 239 g/mol. The molecule has 1 atom stereocenters. The standard InChI is InChI=1S/C9H10BrFO2/c1-6(12)5-13-7-2-3-9(11)8(10)4-7/h2-4,6,12H,5H2,1H3/t6-/m1/s1. The lowest BCUT2D eigenvalue weighted by atomic mass is 10.3. The predicted octanol–water partition coefficient (Wildman–Crippen LogP) is 2.35. The molecule has 0 saturated carbocycles. The molecule has 72 valence electrons. The molecule has 4 heteroatoms. The molecule has 0 aliphatic rings. The van der Waals surface area contributed by atoms with Crippen LogP contribution < -0.4 is 4.74 Å². The minimum absolute atomic E-state index is 0.206. The van der Waals surface area contributed by atoms with Crippen LogP contribution in [-0.2, 0) is 0 Å². The molecule has 1 N–H and O–H groups in total. The van der Waals surface area contributed by atoms with Gasteiger partial charge in [-0.25, -0.2) is 4.39 Å². The van der Waals surface area contributed by atoms with Crippen molar-refractivity contribution < 1.29 is 14.2 Å². The first-order valence-corrected chi connectivity index (χ1v) is 4.65. The van der Waals surface area contributed by atoms with Gasteiger partial charge in [0, 0.05) is 0 Å². The van der Waals surface area contributed by atoms with E-state index in [1.807, 2.05) is 0 Å². The number of hydrogen-bond acceptors (Lipinski definition) is 2. The lowest BCUT2D eigenvalue weighted by Gasteiger charge is -2.08. The molecule has 0 aromatic heterocycles. The van der Waals surface area contributed by atoms with E-state index in [4.69, 9.17) is 9.84 Å². The van der Waals surface area contributed by atoms with Crippen LogP contribution in [-0.4, -0.2) is 17.8 Å². The van der Waals surface area contributed by atoms with E-state index in [0.717, 1.165) is 0 Å². The normalized spacial score (nSPS) is 12.6. The highest BCUT2D eigenvalue weighted by atomic mass is 79.9. The number of benzene rings is 1. The van der Waals surface area contributed by atoms with Crippen molar-refractivity contribution in [3.8, 4) is 5.75 Å². The van der Waals surface area contributed by atoms with Crippen molar-refractivity contribution in [1.29, 1.82) is 0 Å². The first-order chi connectivity index (χ1) is 6.09. The molecule has 0 radical (unpaired) electrons. The Bertz CT molecular complexity index is 289. The van der Waals surface area contributed by atoms with Crippen LogP contribution >= 0.6 is 15.9 Å². The fourth-order valence-electron chi connectivity index (χ4n) is 0.783. The van der Waals surface area contributed by atoms with E-state index in [0.29, 0.717) is 10.2 Å². The Kier molecular flexibility index (Phi) is 3.69. The van der Waals surface area contributed by atoms with Crippen LogP contribution in [0.3, 0.4) is 0 Å². The van der Waals surface area contributed by atoms with Crippen molar-refractivity contribution in [2.45, 2.75) is 13.0 Å². The van der Waals surface area contributed by atoms with E-state index in [2.05, 4.69) is 15.9 Å². The molecule has 13 heavy (non-hydrogen) atoms. The van der Waals surface area contributed by atoms with Crippen LogP contribution in [0, 0.1) is 5.82 Å². The number of rotatable bonds is 3. The second-order valence-electron chi connectivity index (χ2n) is 2.74. The third kappa shape index (κ3) is 3.32. The zero-order valence-electron chi connectivity index (χ0n) is 7.13.